The Labute approximate surface area is 179 Å². The molecule has 29 heavy (non-hydrogen) atoms. The Balaban J connectivity index is 1.53. The van der Waals surface area contributed by atoms with Crippen molar-refractivity contribution in [3.8, 4) is 0 Å². The number of carbonyl (C=O) groups is 1. The first-order chi connectivity index (χ1) is 13.7. The van der Waals surface area contributed by atoms with E-state index in [0.29, 0.717) is 29.0 Å². The zero-order valence-electron chi connectivity index (χ0n) is 19.8. The number of rotatable bonds is 5. The summed E-state index contributed by atoms with van der Waals surface area (Å²) in [4.78, 5) is 13.2. The topological polar surface area (TPSA) is 37.3 Å². The van der Waals surface area contributed by atoms with Crippen LogP contribution < -0.4 is 0 Å². The highest BCUT2D eigenvalue weighted by molar-refractivity contribution is 5.83. The molecule has 0 aromatic rings. The number of fused-ring (bicyclic) bond motifs is 5. The van der Waals surface area contributed by atoms with Gasteiger partial charge in [0, 0.05) is 17.8 Å². The van der Waals surface area contributed by atoms with Gasteiger partial charge in [-0.1, -0.05) is 60.3 Å². The molecule has 0 amide bonds. The molecule has 2 heteroatoms. The average Bonchev–Trinajstić information content (AvgIpc) is 3.00. The van der Waals surface area contributed by atoms with E-state index in [1.165, 1.54) is 44.9 Å². The third-order valence-electron chi connectivity index (χ3n) is 10.7. The molecule has 9 atom stereocenters. The summed E-state index contributed by atoms with van der Waals surface area (Å²) in [6, 6.07) is 0. The lowest BCUT2D eigenvalue weighted by molar-refractivity contribution is -0.176. The van der Waals surface area contributed by atoms with Crippen molar-refractivity contribution in [1.82, 2.24) is 0 Å². The molecule has 4 aliphatic carbocycles. The van der Waals surface area contributed by atoms with Gasteiger partial charge in [0.15, 0.2) is 0 Å². The molecule has 4 rings (SSSR count). The van der Waals surface area contributed by atoms with Crippen LogP contribution in [0.15, 0.2) is 0 Å². The van der Waals surface area contributed by atoms with E-state index in [1.54, 1.807) is 0 Å². The molecule has 1 N–H and O–H groups in total. The van der Waals surface area contributed by atoms with Crippen LogP contribution in [0.4, 0.5) is 0 Å². The molecule has 4 aliphatic rings. The predicted octanol–water partition coefficient (Wildman–Crippen LogP) is 6.65. The summed E-state index contributed by atoms with van der Waals surface area (Å²) < 4.78 is 0. The van der Waals surface area contributed by atoms with Gasteiger partial charge >= 0.3 is 0 Å². The fraction of sp³-hybridized carbons (Fsp3) is 0.963. The van der Waals surface area contributed by atoms with Crippen LogP contribution in [0.5, 0.6) is 0 Å². The summed E-state index contributed by atoms with van der Waals surface area (Å²) in [7, 11) is 0. The lowest BCUT2D eigenvalue weighted by Crippen LogP contribution is -2.60. The zero-order chi connectivity index (χ0) is 21.0. The fourth-order valence-corrected chi connectivity index (χ4v) is 9.13. The standard InChI is InChI=1S/C27H46O2/c1-17(2)8-6-9-18(3)20-12-13-21-19-16-24(28)23-10-7-11-25(29)27(23,5)22(19)14-15-26(20,21)4/h17-23,25,29H,6-16H2,1-5H3. The van der Waals surface area contributed by atoms with Gasteiger partial charge in [-0.05, 0) is 79.4 Å². The van der Waals surface area contributed by atoms with Gasteiger partial charge in [0.1, 0.15) is 5.78 Å². The molecule has 2 nitrogen and oxygen atoms in total. The van der Waals surface area contributed by atoms with E-state index in [4.69, 9.17) is 0 Å². The minimum atomic E-state index is -0.269. The normalized spacial score (nSPS) is 48.2. The van der Waals surface area contributed by atoms with E-state index >= 15 is 0 Å². The molecule has 0 spiro atoms. The second kappa shape index (κ2) is 7.95. The summed E-state index contributed by atoms with van der Waals surface area (Å²) in [6.45, 7) is 12.1. The van der Waals surface area contributed by atoms with Crippen molar-refractivity contribution in [3.63, 3.8) is 0 Å². The smallest absolute Gasteiger partial charge is 0.136 e. The Hall–Kier alpha value is -0.370. The second-order valence-corrected chi connectivity index (χ2v) is 12.4. The van der Waals surface area contributed by atoms with E-state index in [-0.39, 0.29) is 17.4 Å². The lowest BCUT2D eigenvalue weighted by Gasteiger charge is -2.61. The molecule has 0 aromatic carbocycles. The van der Waals surface area contributed by atoms with E-state index in [0.717, 1.165) is 43.4 Å². The van der Waals surface area contributed by atoms with Gasteiger partial charge in [0.05, 0.1) is 6.10 Å². The lowest BCUT2D eigenvalue weighted by atomic mass is 9.43. The van der Waals surface area contributed by atoms with E-state index < -0.39 is 0 Å². The fourth-order valence-electron chi connectivity index (χ4n) is 9.13. The number of Topliss-reactive ketones (excluding diaryl/α,β-unsaturated/α-hetero) is 1. The van der Waals surface area contributed by atoms with E-state index in [2.05, 4.69) is 34.6 Å². The summed E-state index contributed by atoms with van der Waals surface area (Å²) >= 11 is 0. The number of aliphatic hydroxyl groups excluding tert-OH is 1. The maximum atomic E-state index is 13.2. The summed E-state index contributed by atoms with van der Waals surface area (Å²) in [5.41, 5.74) is 0.266. The van der Waals surface area contributed by atoms with Gasteiger partial charge in [-0.2, -0.15) is 0 Å². The minimum absolute atomic E-state index is 0.129. The average molecular weight is 403 g/mol. The van der Waals surface area contributed by atoms with Gasteiger partial charge in [0.2, 0.25) is 0 Å². The Morgan fingerprint density at radius 2 is 1.76 bits per heavy atom. The Morgan fingerprint density at radius 1 is 1.00 bits per heavy atom. The van der Waals surface area contributed by atoms with E-state index in [9.17, 15) is 9.90 Å². The monoisotopic (exact) mass is 402 g/mol. The first-order valence-electron chi connectivity index (χ1n) is 12.9. The summed E-state index contributed by atoms with van der Waals surface area (Å²) in [5, 5.41) is 11.1. The van der Waals surface area contributed by atoms with Crippen LogP contribution in [0.25, 0.3) is 0 Å². The van der Waals surface area contributed by atoms with Gasteiger partial charge in [0.25, 0.3) is 0 Å². The Kier molecular flexibility index (Phi) is 5.99. The van der Waals surface area contributed by atoms with Crippen LogP contribution in [0, 0.1) is 52.3 Å². The number of hydrogen-bond donors (Lipinski definition) is 1. The molecular formula is C27H46O2. The van der Waals surface area contributed by atoms with Crippen molar-refractivity contribution < 1.29 is 9.90 Å². The van der Waals surface area contributed by atoms with Crippen molar-refractivity contribution in [2.45, 2.75) is 111 Å². The van der Waals surface area contributed by atoms with E-state index in [1.807, 2.05) is 0 Å². The maximum Gasteiger partial charge on any atom is 0.136 e. The van der Waals surface area contributed by atoms with Crippen LogP contribution in [-0.4, -0.2) is 17.0 Å². The molecule has 0 aromatic heterocycles. The summed E-state index contributed by atoms with van der Waals surface area (Å²) in [5.74, 6) is 4.87. The van der Waals surface area contributed by atoms with Crippen molar-refractivity contribution in [3.05, 3.63) is 0 Å². The third-order valence-corrected chi connectivity index (χ3v) is 10.7. The second-order valence-electron chi connectivity index (χ2n) is 12.4. The molecule has 4 saturated carbocycles. The minimum Gasteiger partial charge on any atom is -0.393 e. The first-order valence-corrected chi connectivity index (χ1v) is 12.9. The molecule has 0 saturated heterocycles. The Bertz CT molecular complexity index is 612. The van der Waals surface area contributed by atoms with Crippen LogP contribution in [0.2, 0.25) is 0 Å². The van der Waals surface area contributed by atoms with Crippen LogP contribution in [0.1, 0.15) is 105 Å². The summed E-state index contributed by atoms with van der Waals surface area (Å²) in [6.07, 6.45) is 12.8. The molecule has 0 bridgehead atoms. The first kappa shape index (κ1) is 21.8. The highest BCUT2D eigenvalue weighted by atomic mass is 16.3. The van der Waals surface area contributed by atoms with Crippen LogP contribution >= 0.6 is 0 Å². The Morgan fingerprint density at radius 3 is 2.48 bits per heavy atom. The van der Waals surface area contributed by atoms with Crippen molar-refractivity contribution in [2.24, 2.45) is 52.3 Å². The van der Waals surface area contributed by atoms with Crippen molar-refractivity contribution >= 4 is 5.78 Å². The molecule has 9 unspecified atom stereocenters. The molecule has 0 aliphatic heterocycles. The third kappa shape index (κ3) is 3.44. The largest absolute Gasteiger partial charge is 0.393 e. The predicted molar refractivity (Wildman–Crippen MR) is 119 cm³/mol. The number of hydrogen-bond acceptors (Lipinski definition) is 2. The molecule has 0 heterocycles. The number of ketones is 1. The quantitative estimate of drug-likeness (QED) is 0.559. The molecule has 4 fully saturated rings. The van der Waals surface area contributed by atoms with Crippen molar-refractivity contribution in [2.75, 3.05) is 0 Å². The van der Waals surface area contributed by atoms with Crippen molar-refractivity contribution in [1.29, 1.82) is 0 Å². The zero-order valence-corrected chi connectivity index (χ0v) is 19.8. The van der Waals surface area contributed by atoms with Gasteiger partial charge < -0.3 is 5.11 Å². The molecule has 166 valence electrons. The van der Waals surface area contributed by atoms with Gasteiger partial charge in [-0.3, -0.25) is 4.79 Å². The van der Waals surface area contributed by atoms with Crippen LogP contribution in [-0.2, 0) is 4.79 Å². The number of carbonyl (C=O) groups excluding carboxylic acids is 1. The van der Waals surface area contributed by atoms with Crippen LogP contribution in [0.3, 0.4) is 0 Å². The molecular weight excluding hydrogens is 356 g/mol. The highest BCUT2D eigenvalue weighted by Crippen LogP contribution is 2.67. The maximum absolute atomic E-state index is 13.2. The molecule has 0 radical (unpaired) electrons. The van der Waals surface area contributed by atoms with Gasteiger partial charge in [-0.25, -0.2) is 0 Å². The number of aliphatic hydroxyl groups is 1. The van der Waals surface area contributed by atoms with Gasteiger partial charge in [-0.15, -0.1) is 0 Å². The highest BCUT2D eigenvalue weighted by Gasteiger charge is 2.63. The SMILES string of the molecule is CC(C)CCCC(C)C1CCC2C3CC(=O)C4CCCC(O)C4(C)C3CCC12C.